The Morgan fingerprint density at radius 3 is 2.79 bits per heavy atom. The van der Waals surface area contributed by atoms with E-state index in [1.807, 2.05) is 7.05 Å². The van der Waals surface area contributed by atoms with E-state index in [-0.39, 0.29) is 0 Å². The number of para-hydroxylation sites is 1. The van der Waals surface area contributed by atoms with Crippen molar-refractivity contribution in [1.29, 1.82) is 0 Å². The summed E-state index contributed by atoms with van der Waals surface area (Å²) in [5, 5.41) is 4.53. The highest BCUT2D eigenvalue weighted by atomic mass is 16.5. The van der Waals surface area contributed by atoms with Gasteiger partial charge >= 0.3 is 0 Å². The van der Waals surface area contributed by atoms with Gasteiger partial charge in [-0.15, -0.1) is 0 Å². The van der Waals surface area contributed by atoms with Gasteiger partial charge in [0.25, 0.3) is 0 Å². The maximum atomic E-state index is 5.53. The smallest absolute Gasteiger partial charge is 0.0701 e. The molecule has 0 amide bonds. The number of hydrogen-bond donors (Lipinski definition) is 1. The van der Waals surface area contributed by atoms with Crippen LogP contribution in [-0.4, -0.2) is 38.5 Å². The third kappa shape index (κ3) is 3.56. The number of rotatable bonds is 8. The molecule has 0 fully saturated rings. The maximum Gasteiger partial charge on any atom is 0.0701 e. The number of benzene rings is 1. The first-order valence-corrected chi connectivity index (χ1v) is 6.65. The van der Waals surface area contributed by atoms with E-state index < -0.39 is 0 Å². The fraction of sp³-hybridized carbons (Fsp3) is 0.467. The molecule has 0 aliphatic carbocycles. The molecule has 0 bridgehead atoms. The molecular weight excluding hydrogens is 240 g/mol. The summed E-state index contributed by atoms with van der Waals surface area (Å²) in [6.07, 6.45) is 2.21. The van der Waals surface area contributed by atoms with Gasteiger partial charge in [-0.1, -0.05) is 18.2 Å². The monoisotopic (exact) mass is 262 g/mol. The van der Waals surface area contributed by atoms with Crippen molar-refractivity contribution < 1.29 is 9.47 Å². The van der Waals surface area contributed by atoms with Crippen molar-refractivity contribution in [3.05, 3.63) is 36.0 Å². The maximum absolute atomic E-state index is 5.53. The zero-order valence-electron chi connectivity index (χ0n) is 11.7. The average molecular weight is 262 g/mol. The minimum absolute atomic E-state index is 0.650. The van der Waals surface area contributed by atoms with Crippen molar-refractivity contribution in [1.82, 2.24) is 9.88 Å². The van der Waals surface area contributed by atoms with Gasteiger partial charge in [0.15, 0.2) is 0 Å². The SMILES string of the molecule is CNCc1cn(CCOCCOC)c2ccccc12. The van der Waals surface area contributed by atoms with E-state index in [1.54, 1.807) is 7.11 Å². The number of aromatic nitrogens is 1. The normalized spacial score (nSPS) is 11.3. The van der Waals surface area contributed by atoms with Crippen molar-refractivity contribution in [3.8, 4) is 0 Å². The molecule has 4 heteroatoms. The number of hydrogen-bond acceptors (Lipinski definition) is 3. The predicted octanol–water partition coefficient (Wildman–Crippen LogP) is 2.02. The van der Waals surface area contributed by atoms with Crippen LogP contribution in [0.5, 0.6) is 0 Å². The lowest BCUT2D eigenvalue weighted by Gasteiger charge is -2.06. The lowest BCUT2D eigenvalue weighted by Crippen LogP contribution is -2.09. The zero-order valence-corrected chi connectivity index (χ0v) is 11.7. The van der Waals surface area contributed by atoms with E-state index in [1.165, 1.54) is 16.5 Å². The second-order valence-corrected chi connectivity index (χ2v) is 4.50. The third-order valence-corrected chi connectivity index (χ3v) is 3.15. The number of fused-ring (bicyclic) bond motifs is 1. The Hall–Kier alpha value is -1.36. The van der Waals surface area contributed by atoms with Gasteiger partial charge in [-0.2, -0.15) is 0 Å². The van der Waals surface area contributed by atoms with Crippen LogP contribution < -0.4 is 5.32 Å². The van der Waals surface area contributed by atoms with Crippen LogP contribution in [0, 0.1) is 0 Å². The molecule has 0 aliphatic heterocycles. The van der Waals surface area contributed by atoms with Gasteiger partial charge in [0.05, 0.1) is 19.8 Å². The molecule has 2 rings (SSSR count). The molecule has 104 valence electrons. The van der Waals surface area contributed by atoms with Gasteiger partial charge in [-0.05, 0) is 18.7 Å². The minimum Gasteiger partial charge on any atom is -0.382 e. The molecule has 1 aromatic carbocycles. The number of nitrogens with zero attached hydrogens (tertiary/aromatic N) is 1. The molecule has 19 heavy (non-hydrogen) atoms. The molecule has 0 atom stereocenters. The Bertz CT molecular complexity index is 508. The summed E-state index contributed by atoms with van der Waals surface area (Å²) in [6, 6.07) is 8.49. The number of ether oxygens (including phenoxy) is 2. The lowest BCUT2D eigenvalue weighted by atomic mass is 10.2. The molecule has 1 heterocycles. The Balaban J connectivity index is 2.05. The predicted molar refractivity (Wildman–Crippen MR) is 77.4 cm³/mol. The summed E-state index contributed by atoms with van der Waals surface area (Å²) < 4.78 is 12.8. The van der Waals surface area contributed by atoms with Crippen LogP contribution in [0.1, 0.15) is 5.56 Å². The Kier molecular flexibility index (Phi) is 5.39. The zero-order chi connectivity index (χ0) is 13.5. The fourth-order valence-electron chi connectivity index (χ4n) is 2.25. The minimum atomic E-state index is 0.650. The van der Waals surface area contributed by atoms with Crippen LogP contribution in [0.15, 0.2) is 30.5 Å². The van der Waals surface area contributed by atoms with Gasteiger partial charge < -0.3 is 19.4 Å². The molecule has 0 spiro atoms. The summed E-state index contributed by atoms with van der Waals surface area (Å²) in [5.74, 6) is 0. The van der Waals surface area contributed by atoms with Crippen molar-refractivity contribution in [3.63, 3.8) is 0 Å². The molecule has 0 aliphatic rings. The van der Waals surface area contributed by atoms with E-state index in [2.05, 4.69) is 40.3 Å². The van der Waals surface area contributed by atoms with Crippen molar-refractivity contribution in [2.45, 2.75) is 13.1 Å². The van der Waals surface area contributed by atoms with Crippen LogP contribution in [0.3, 0.4) is 0 Å². The molecule has 1 aromatic heterocycles. The Labute approximate surface area is 114 Å². The van der Waals surface area contributed by atoms with Gasteiger partial charge in [-0.25, -0.2) is 0 Å². The summed E-state index contributed by atoms with van der Waals surface area (Å²) in [7, 11) is 3.66. The first-order valence-electron chi connectivity index (χ1n) is 6.65. The number of nitrogens with one attached hydrogen (secondary N) is 1. The summed E-state index contributed by atoms with van der Waals surface area (Å²) in [5.41, 5.74) is 2.60. The summed E-state index contributed by atoms with van der Waals surface area (Å²) >= 11 is 0. The standard InChI is InChI=1S/C15H22N2O2/c1-16-11-13-12-17(7-8-19-10-9-18-2)15-6-4-3-5-14(13)15/h3-6,12,16H,7-11H2,1-2H3. The van der Waals surface area contributed by atoms with Crippen LogP contribution in [0.4, 0.5) is 0 Å². The van der Waals surface area contributed by atoms with E-state index >= 15 is 0 Å². The molecule has 0 radical (unpaired) electrons. The van der Waals surface area contributed by atoms with Gasteiger partial charge in [-0.3, -0.25) is 0 Å². The van der Waals surface area contributed by atoms with Crippen molar-refractivity contribution in [2.75, 3.05) is 34.0 Å². The lowest BCUT2D eigenvalue weighted by molar-refractivity contribution is 0.0670. The van der Waals surface area contributed by atoms with E-state index in [0.29, 0.717) is 19.8 Å². The fourth-order valence-corrected chi connectivity index (χ4v) is 2.25. The van der Waals surface area contributed by atoms with Crippen LogP contribution >= 0.6 is 0 Å². The molecular formula is C15H22N2O2. The van der Waals surface area contributed by atoms with E-state index in [0.717, 1.165) is 13.1 Å². The summed E-state index contributed by atoms with van der Waals surface area (Å²) in [6.45, 7) is 3.77. The molecule has 0 unspecified atom stereocenters. The molecule has 0 saturated heterocycles. The van der Waals surface area contributed by atoms with E-state index in [9.17, 15) is 0 Å². The second kappa shape index (κ2) is 7.28. The largest absolute Gasteiger partial charge is 0.382 e. The summed E-state index contributed by atoms with van der Waals surface area (Å²) in [4.78, 5) is 0. The average Bonchev–Trinajstić information content (AvgIpc) is 2.78. The van der Waals surface area contributed by atoms with E-state index in [4.69, 9.17) is 9.47 Å². The third-order valence-electron chi connectivity index (χ3n) is 3.15. The quantitative estimate of drug-likeness (QED) is 0.739. The van der Waals surface area contributed by atoms with Gasteiger partial charge in [0.1, 0.15) is 0 Å². The highest BCUT2D eigenvalue weighted by Gasteiger charge is 2.06. The van der Waals surface area contributed by atoms with Crippen LogP contribution in [0.2, 0.25) is 0 Å². The van der Waals surface area contributed by atoms with Crippen LogP contribution in [-0.2, 0) is 22.6 Å². The molecule has 0 saturated carbocycles. The Morgan fingerprint density at radius 1 is 1.16 bits per heavy atom. The number of methoxy groups -OCH3 is 1. The molecule has 1 N–H and O–H groups in total. The van der Waals surface area contributed by atoms with Crippen LogP contribution in [0.25, 0.3) is 10.9 Å². The Morgan fingerprint density at radius 2 is 2.00 bits per heavy atom. The highest BCUT2D eigenvalue weighted by Crippen LogP contribution is 2.21. The second-order valence-electron chi connectivity index (χ2n) is 4.50. The first-order chi connectivity index (χ1) is 9.36. The van der Waals surface area contributed by atoms with Crippen molar-refractivity contribution in [2.24, 2.45) is 0 Å². The molecule has 4 nitrogen and oxygen atoms in total. The topological polar surface area (TPSA) is 35.4 Å². The van der Waals surface area contributed by atoms with Crippen molar-refractivity contribution >= 4 is 10.9 Å². The molecule has 2 aromatic rings. The first kappa shape index (κ1) is 14.1. The van der Waals surface area contributed by atoms with Gasteiger partial charge in [0, 0.05) is 37.3 Å². The van der Waals surface area contributed by atoms with Gasteiger partial charge in [0.2, 0.25) is 0 Å². The highest BCUT2D eigenvalue weighted by molar-refractivity contribution is 5.83.